The molecule has 0 aliphatic carbocycles. The minimum Gasteiger partial charge on any atom is -0.379 e. The van der Waals surface area contributed by atoms with Crippen LogP contribution in [0.25, 0.3) is 0 Å². The normalized spacial score (nSPS) is 27.2. The highest BCUT2D eigenvalue weighted by molar-refractivity contribution is 8.14. The van der Waals surface area contributed by atoms with Gasteiger partial charge in [0.1, 0.15) is 0 Å². The molecule has 2 unspecified atom stereocenters. The molecular weight excluding hydrogens is 244 g/mol. The Kier molecular flexibility index (Phi) is 3.86. The lowest BCUT2D eigenvalue weighted by atomic mass is 10.1. The number of benzene rings is 1. The third kappa shape index (κ3) is 3.06. The first kappa shape index (κ1) is 12.1. The number of hydrogen-bond donors (Lipinski definition) is 1. The van der Waals surface area contributed by atoms with E-state index in [9.17, 15) is 0 Å². The van der Waals surface area contributed by atoms with E-state index in [1.807, 2.05) is 11.8 Å². The maximum atomic E-state index is 5.36. The molecule has 1 aromatic carbocycles. The quantitative estimate of drug-likeness (QED) is 0.905. The molecule has 0 amide bonds. The van der Waals surface area contributed by atoms with Gasteiger partial charge in [-0.3, -0.25) is 4.99 Å². The van der Waals surface area contributed by atoms with E-state index in [4.69, 9.17) is 9.73 Å². The molecule has 1 aromatic rings. The van der Waals surface area contributed by atoms with E-state index in [-0.39, 0.29) is 0 Å². The van der Waals surface area contributed by atoms with Crippen molar-refractivity contribution in [3.63, 3.8) is 0 Å². The fourth-order valence-electron chi connectivity index (χ4n) is 2.31. The van der Waals surface area contributed by atoms with Crippen molar-refractivity contribution in [3.05, 3.63) is 35.9 Å². The molecule has 2 aliphatic rings. The SMILES string of the molecule is c1ccc(CC2CSC(NC3CCOC3)=N2)cc1. The molecule has 1 N–H and O–H groups in total. The lowest BCUT2D eigenvalue weighted by Crippen LogP contribution is -2.32. The van der Waals surface area contributed by atoms with Crippen LogP contribution in [0, 0.1) is 0 Å². The van der Waals surface area contributed by atoms with Crippen LogP contribution in [0.15, 0.2) is 35.3 Å². The van der Waals surface area contributed by atoms with E-state index < -0.39 is 0 Å². The Hall–Kier alpha value is -1.00. The monoisotopic (exact) mass is 262 g/mol. The minimum absolute atomic E-state index is 0.419. The summed E-state index contributed by atoms with van der Waals surface area (Å²) >= 11 is 1.84. The summed E-state index contributed by atoms with van der Waals surface area (Å²) in [7, 11) is 0. The Bertz CT molecular complexity index is 415. The predicted octanol–water partition coefficient (Wildman–Crippen LogP) is 2.08. The van der Waals surface area contributed by atoms with Crippen LogP contribution in [0.1, 0.15) is 12.0 Å². The van der Waals surface area contributed by atoms with E-state index in [0.717, 1.165) is 37.0 Å². The summed E-state index contributed by atoms with van der Waals surface area (Å²) in [6, 6.07) is 11.5. The lowest BCUT2D eigenvalue weighted by Gasteiger charge is -2.10. The van der Waals surface area contributed by atoms with Gasteiger partial charge >= 0.3 is 0 Å². The number of thioether (sulfide) groups is 1. The maximum absolute atomic E-state index is 5.36. The summed E-state index contributed by atoms with van der Waals surface area (Å²) < 4.78 is 5.36. The Labute approximate surface area is 112 Å². The van der Waals surface area contributed by atoms with Gasteiger partial charge in [0.15, 0.2) is 5.17 Å². The van der Waals surface area contributed by atoms with Crippen LogP contribution in [0.5, 0.6) is 0 Å². The summed E-state index contributed by atoms with van der Waals surface area (Å²) in [4.78, 5) is 4.76. The molecule has 0 bridgehead atoms. The molecule has 2 aliphatic heterocycles. The van der Waals surface area contributed by atoms with Crippen molar-refractivity contribution in [3.8, 4) is 0 Å². The molecule has 0 radical (unpaired) electrons. The molecule has 0 spiro atoms. The first-order valence-electron chi connectivity index (χ1n) is 6.49. The number of amidine groups is 1. The number of nitrogens with zero attached hydrogens (tertiary/aromatic N) is 1. The minimum atomic E-state index is 0.419. The molecule has 0 aromatic heterocycles. The van der Waals surface area contributed by atoms with Crippen LogP contribution in [-0.4, -0.2) is 36.2 Å². The molecule has 1 fully saturated rings. The van der Waals surface area contributed by atoms with Gasteiger partial charge < -0.3 is 10.1 Å². The smallest absolute Gasteiger partial charge is 0.157 e. The second-order valence-electron chi connectivity index (χ2n) is 4.79. The van der Waals surface area contributed by atoms with Crippen LogP contribution >= 0.6 is 11.8 Å². The maximum Gasteiger partial charge on any atom is 0.157 e. The zero-order valence-electron chi connectivity index (χ0n) is 10.3. The molecule has 0 saturated carbocycles. The van der Waals surface area contributed by atoms with Gasteiger partial charge in [-0.2, -0.15) is 0 Å². The van der Waals surface area contributed by atoms with E-state index in [1.165, 1.54) is 5.56 Å². The zero-order valence-corrected chi connectivity index (χ0v) is 11.2. The third-order valence-corrected chi connectivity index (χ3v) is 4.33. The number of hydrogen-bond acceptors (Lipinski definition) is 4. The average Bonchev–Trinajstić information content (AvgIpc) is 3.03. The second-order valence-corrected chi connectivity index (χ2v) is 5.80. The molecule has 96 valence electrons. The van der Waals surface area contributed by atoms with Crippen molar-refractivity contribution >= 4 is 16.9 Å². The Morgan fingerprint density at radius 2 is 2.22 bits per heavy atom. The highest BCUT2D eigenvalue weighted by Crippen LogP contribution is 2.21. The number of aliphatic imine (C=N–C) groups is 1. The highest BCUT2D eigenvalue weighted by atomic mass is 32.2. The van der Waals surface area contributed by atoms with Crippen molar-refractivity contribution in [2.75, 3.05) is 19.0 Å². The van der Waals surface area contributed by atoms with Crippen molar-refractivity contribution < 1.29 is 4.74 Å². The van der Waals surface area contributed by atoms with Crippen LogP contribution < -0.4 is 5.32 Å². The summed E-state index contributed by atoms with van der Waals surface area (Å²) in [5.74, 6) is 1.09. The largest absolute Gasteiger partial charge is 0.379 e. The Balaban J connectivity index is 1.54. The van der Waals surface area contributed by atoms with Gasteiger partial charge in [-0.25, -0.2) is 0 Å². The van der Waals surface area contributed by atoms with Crippen molar-refractivity contribution in [1.29, 1.82) is 0 Å². The fraction of sp³-hybridized carbons (Fsp3) is 0.500. The van der Waals surface area contributed by atoms with Crippen LogP contribution in [-0.2, 0) is 11.2 Å². The standard InChI is InChI=1S/C14H18N2OS/c1-2-4-11(5-3-1)8-13-10-18-14(16-13)15-12-6-7-17-9-12/h1-5,12-13H,6-10H2,(H,15,16). The Morgan fingerprint density at radius 1 is 1.33 bits per heavy atom. The summed E-state index contributed by atoms with van der Waals surface area (Å²) in [6.07, 6.45) is 2.14. The third-order valence-electron chi connectivity index (χ3n) is 3.28. The van der Waals surface area contributed by atoms with E-state index in [2.05, 4.69) is 35.6 Å². The van der Waals surface area contributed by atoms with Crippen molar-refractivity contribution in [2.24, 2.45) is 4.99 Å². The van der Waals surface area contributed by atoms with Gasteiger partial charge in [0.2, 0.25) is 0 Å². The molecule has 4 heteroatoms. The predicted molar refractivity (Wildman–Crippen MR) is 76.2 cm³/mol. The van der Waals surface area contributed by atoms with E-state index in [1.54, 1.807) is 0 Å². The number of nitrogens with one attached hydrogen (secondary N) is 1. The fourth-order valence-corrected chi connectivity index (χ4v) is 3.32. The van der Waals surface area contributed by atoms with E-state index >= 15 is 0 Å². The second kappa shape index (κ2) is 5.76. The summed E-state index contributed by atoms with van der Waals surface area (Å²) in [6.45, 7) is 1.70. The Morgan fingerprint density at radius 3 is 3.00 bits per heavy atom. The van der Waals surface area contributed by atoms with Gasteiger partial charge in [0, 0.05) is 12.4 Å². The summed E-state index contributed by atoms with van der Waals surface area (Å²) in [5, 5.41) is 4.58. The number of rotatable bonds is 3. The molecule has 3 rings (SSSR count). The molecule has 2 heterocycles. The van der Waals surface area contributed by atoms with Gasteiger partial charge in [-0.05, 0) is 18.4 Å². The van der Waals surface area contributed by atoms with Crippen LogP contribution in [0.3, 0.4) is 0 Å². The molecule has 3 nitrogen and oxygen atoms in total. The summed E-state index contributed by atoms with van der Waals surface area (Å²) in [5.41, 5.74) is 1.37. The van der Waals surface area contributed by atoms with Crippen molar-refractivity contribution in [2.45, 2.75) is 24.9 Å². The van der Waals surface area contributed by atoms with Gasteiger partial charge in [-0.15, -0.1) is 0 Å². The average molecular weight is 262 g/mol. The first-order chi connectivity index (χ1) is 8.90. The van der Waals surface area contributed by atoms with Crippen LogP contribution in [0.2, 0.25) is 0 Å². The molecule has 2 atom stereocenters. The van der Waals surface area contributed by atoms with Crippen LogP contribution in [0.4, 0.5) is 0 Å². The highest BCUT2D eigenvalue weighted by Gasteiger charge is 2.22. The topological polar surface area (TPSA) is 33.6 Å². The van der Waals surface area contributed by atoms with E-state index in [0.29, 0.717) is 12.1 Å². The van der Waals surface area contributed by atoms with Gasteiger partial charge in [-0.1, -0.05) is 42.1 Å². The molecule has 1 saturated heterocycles. The molecular formula is C14H18N2OS. The molecule has 18 heavy (non-hydrogen) atoms. The van der Waals surface area contributed by atoms with Crippen molar-refractivity contribution in [1.82, 2.24) is 5.32 Å². The lowest BCUT2D eigenvalue weighted by molar-refractivity contribution is 0.192. The van der Waals surface area contributed by atoms with Gasteiger partial charge in [0.05, 0.1) is 18.7 Å². The zero-order chi connectivity index (χ0) is 12.2. The number of ether oxygens (including phenoxy) is 1. The van der Waals surface area contributed by atoms with Gasteiger partial charge in [0.25, 0.3) is 0 Å². The first-order valence-corrected chi connectivity index (χ1v) is 7.47.